The maximum absolute atomic E-state index is 4.26. The Labute approximate surface area is 133 Å². The standard InChI is InChI=1S/C21H23N/c1-20(2)12-13-21(3,4)19-15-16(9-11-18(19)20)8-10-17-7-5-6-14-22-17/h5-7,9,11,14-15H,12-13H2,1-4H3. The SMILES string of the molecule is CC1(C)CCC(C)(C)c2cc(C#Cc3ccccn3)ccc21. The van der Waals surface area contributed by atoms with Crippen molar-refractivity contribution in [3.8, 4) is 11.8 Å². The summed E-state index contributed by atoms with van der Waals surface area (Å²) in [7, 11) is 0. The fourth-order valence-corrected chi connectivity index (χ4v) is 3.24. The van der Waals surface area contributed by atoms with Crippen molar-refractivity contribution in [3.63, 3.8) is 0 Å². The van der Waals surface area contributed by atoms with Gasteiger partial charge < -0.3 is 0 Å². The molecule has 0 saturated carbocycles. The lowest BCUT2D eigenvalue weighted by Crippen LogP contribution is -2.33. The minimum Gasteiger partial charge on any atom is -0.248 e. The molecule has 22 heavy (non-hydrogen) atoms. The molecular weight excluding hydrogens is 266 g/mol. The molecular formula is C21H23N. The molecule has 1 heteroatoms. The zero-order valence-electron chi connectivity index (χ0n) is 13.9. The number of rotatable bonds is 0. The summed E-state index contributed by atoms with van der Waals surface area (Å²) in [6.07, 6.45) is 4.25. The van der Waals surface area contributed by atoms with E-state index in [0.29, 0.717) is 0 Å². The fraction of sp³-hybridized carbons (Fsp3) is 0.381. The number of hydrogen-bond acceptors (Lipinski definition) is 1. The van der Waals surface area contributed by atoms with Gasteiger partial charge >= 0.3 is 0 Å². The molecule has 1 aliphatic rings. The highest BCUT2D eigenvalue weighted by atomic mass is 14.6. The molecule has 112 valence electrons. The van der Waals surface area contributed by atoms with Crippen molar-refractivity contribution in [2.24, 2.45) is 0 Å². The van der Waals surface area contributed by atoms with Gasteiger partial charge in [-0.1, -0.05) is 45.7 Å². The minimum atomic E-state index is 0.230. The van der Waals surface area contributed by atoms with Gasteiger partial charge in [-0.3, -0.25) is 0 Å². The van der Waals surface area contributed by atoms with Crippen LogP contribution in [0.5, 0.6) is 0 Å². The zero-order chi connectivity index (χ0) is 15.8. The molecule has 1 aliphatic carbocycles. The van der Waals surface area contributed by atoms with Crippen molar-refractivity contribution in [2.45, 2.75) is 51.4 Å². The first-order valence-corrected chi connectivity index (χ1v) is 7.97. The van der Waals surface area contributed by atoms with Gasteiger partial charge in [0.25, 0.3) is 0 Å². The highest BCUT2D eigenvalue weighted by Crippen LogP contribution is 2.45. The van der Waals surface area contributed by atoms with E-state index in [2.05, 4.69) is 62.7 Å². The summed E-state index contributed by atoms with van der Waals surface area (Å²) < 4.78 is 0. The quantitative estimate of drug-likeness (QED) is 0.633. The average Bonchev–Trinajstić information content (AvgIpc) is 2.51. The molecule has 2 aromatic rings. The van der Waals surface area contributed by atoms with E-state index in [1.165, 1.54) is 24.0 Å². The van der Waals surface area contributed by atoms with E-state index in [-0.39, 0.29) is 10.8 Å². The second-order valence-corrected chi connectivity index (χ2v) is 7.49. The van der Waals surface area contributed by atoms with Crippen LogP contribution in [-0.4, -0.2) is 4.98 Å². The van der Waals surface area contributed by atoms with Crippen LogP contribution in [0.2, 0.25) is 0 Å². The Morgan fingerprint density at radius 3 is 2.27 bits per heavy atom. The monoisotopic (exact) mass is 289 g/mol. The molecule has 1 heterocycles. The van der Waals surface area contributed by atoms with Crippen molar-refractivity contribution >= 4 is 0 Å². The fourth-order valence-electron chi connectivity index (χ4n) is 3.24. The summed E-state index contributed by atoms with van der Waals surface area (Å²) in [5, 5.41) is 0. The molecule has 0 N–H and O–H groups in total. The molecule has 0 radical (unpaired) electrons. The second kappa shape index (κ2) is 5.29. The van der Waals surface area contributed by atoms with Crippen LogP contribution in [0.1, 0.15) is 62.9 Å². The van der Waals surface area contributed by atoms with Crippen molar-refractivity contribution < 1.29 is 0 Å². The predicted molar refractivity (Wildman–Crippen MR) is 91.9 cm³/mol. The maximum atomic E-state index is 4.26. The van der Waals surface area contributed by atoms with Crippen LogP contribution in [0, 0.1) is 11.8 Å². The van der Waals surface area contributed by atoms with Crippen LogP contribution >= 0.6 is 0 Å². The summed E-state index contributed by atoms with van der Waals surface area (Å²) in [5.74, 6) is 6.42. The van der Waals surface area contributed by atoms with Gasteiger partial charge in [0.05, 0.1) is 0 Å². The number of aromatic nitrogens is 1. The first kappa shape index (κ1) is 14.9. The Hall–Kier alpha value is -2.07. The molecule has 0 fully saturated rings. The van der Waals surface area contributed by atoms with Gasteiger partial charge in [0, 0.05) is 11.8 Å². The molecule has 0 atom stereocenters. The van der Waals surface area contributed by atoms with E-state index in [4.69, 9.17) is 0 Å². The predicted octanol–water partition coefficient (Wildman–Crippen LogP) is 4.83. The summed E-state index contributed by atoms with van der Waals surface area (Å²) in [6, 6.07) is 12.5. The van der Waals surface area contributed by atoms with Gasteiger partial charge in [0.15, 0.2) is 0 Å². The first-order chi connectivity index (χ1) is 10.4. The normalized spacial score (nSPS) is 18.0. The van der Waals surface area contributed by atoms with Gasteiger partial charge in [0.2, 0.25) is 0 Å². The Kier molecular flexibility index (Phi) is 3.57. The molecule has 0 spiro atoms. The minimum absolute atomic E-state index is 0.230. The van der Waals surface area contributed by atoms with Gasteiger partial charge in [0.1, 0.15) is 5.69 Å². The molecule has 0 amide bonds. The molecule has 0 unspecified atom stereocenters. The van der Waals surface area contributed by atoms with Crippen LogP contribution in [0.15, 0.2) is 42.6 Å². The Bertz CT molecular complexity index is 742. The van der Waals surface area contributed by atoms with Crippen molar-refractivity contribution in [2.75, 3.05) is 0 Å². The van der Waals surface area contributed by atoms with Crippen LogP contribution in [0.3, 0.4) is 0 Å². The smallest absolute Gasteiger partial charge is 0.113 e. The molecule has 0 aliphatic heterocycles. The largest absolute Gasteiger partial charge is 0.248 e. The number of hydrogen-bond donors (Lipinski definition) is 0. The number of nitrogens with zero attached hydrogens (tertiary/aromatic N) is 1. The first-order valence-electron chi connectivity index (χ1n) is 7.97. The number of benzene rings is 1. The highest BCUT2D eigenvalue weighted by Gasteiger charge is 2.36. The lowest BCUT2D eigenvalue weighted by molar-refractivity contribution is 0.332. The van der Waals surface area contributed by atoms with E-state index in [0.717, 1.165) is 11.3 Å². The lowest BCUT2D eigenvalue weighted by atomic mass is 9.63. The summed E-state index contributed by atoms with van der Waals surface area (Å²) in [5.41, 5.74) is 5.32. The van der Waals surface area contributed by atoms with Crippen LogP contribution in [0.25, 0.3) is 0 Å². The Morgan fingerprint density at radius 2 is 1.59 bits per heavy atom. The highest BCUT2D eigenvalue weighted by molar-refractivity contribution is 5.49. The van der Waals surface area contributed by atoms with Gasteiger partial charge in [-0.25, -0.2) is 4.98 Å². The molecule has 1 aromatic heterocycles. The lowest BCUT2D eigenvalue weighted by Gasteiger charge is -2.41. The second-order valence-electron chi connectivity index (χ2n) is 7.49. The van der Waals surface area contributed by atoms with Crippen molar-refractivity contribution in [1.29, 1.82) is 0 Å². The van der Waals surface area contributed by atoms with E-state index < -0.39 is 0 Å². The molecule has 0 bridgehead atoms. The maximum Gasteiger partial charge on any atom is 0.113 e. The number of fused-ring (bicyclic) bond motifs is 1. The van der Waals surface area contributed by atoms with Gasteiger partial charge in [-0.05, 0) is 65.0 Å². The number of pyridine rings is 1. The molecule has 0 saturated heterocycles. The molecule has 1 nitrogen and oxygen atoms in total. The van der Waals surface area contributed by atoms with Crippen LogP contribution in [-0.2, 0) is 10.8 Å². The van der Waals surface area contributed by atoms with Crippen LogP contribution < -0.4 is 0 Å². The molecule has 3 rings (SSSR count). The average molecular weight is 289 g/mol. The third-order valence-corrected chi connectivity index (χ3v) is 4.85. The van der Waals surface area contributed by atoms with E-state index in [1.54, 1.807) is 6.20 Å². The third-order valence-electron chi connectivity index (χ3n) is 4.85. The Balaban J connectivity index is 2.02. The zero-order valence-corrected chi connectivity index (χ0v) is 13.9. The van der Waals surface area contributed by atoms with Crippen LogP contribution in [0.4, 0.5) is 0 Å². The summed E-state index contributed by atoms with van der Waals surface area (Å²) >= 11 is 0. The van der Waals surface area contributed by atoms with E-state index >= 15 is 0 Å². The topological polar surface area (TPSA) is 12.9 Å². The van der Waals surface area contributed by atoms with Gasteiger partial charge in [-0.2, -0.15) is 0 Å². The van der Waals surface area contributed by atoms with E-state index in [1.807, 2.05) is 18.2 Å². The summed E-state index contributed by atoms with van der Waals surface area (Å²) in [4.78, 5) is 4.26. The van der Waals surface area contributed by atoms with Crippen molar-refractivity contribution in [3.05, 3.63) is 65.0 Å². The third kappa shape index (κ3) is 2.79. The molecule has 1 aromatic carbocycles. The van der Waals surface area contributed by atoms with Crippen molar-refractivity contribution in [1.82, 2.24) is 4.98 Å². The van der Waals surface area contributed by atoms with Gasteiger partial charge in [-0.15, -0.1) is 0 Å². The van der Waals surface area contributed by atoms with E-state index in [9.17, 15) is 0 Å². The summed E-state index contributed by atoms with van der Waals surface area (Å²) in [6.45, 7) is 9.38. The Morgan fingerprint density at radius 1 is 0.864 bits per heavy atom.